The lowest BCUT2D eigenvalue weighted by atomic mass is 10.2. The van der Waals surface area contributed by atoms with E-state index in [1.807, 2.05) is 0 Å². The van der Waals surface area contributed by atoms with Crippen LogP contribution in [0, 0.1) is 0 Å². The number of aliphatic imine (C=N–C) groups is 1. The molecule has 0 radical (unpaired) electrons. The van der Waals surface area contributed by atoms with Crippen molar-refractivity contribution in [3.8, 4) is 0 Å². The second-order valence-corrected chi connectivity index (χ2v) is 6.02. The molecule has 2 aliphatic heterocycles. The summed E-state index contributed by atoms with van der Waals surface area (Å²) in [6, 6.07) is 0. The van der Waals surface area contributed by atoms with Crippen molar-refractivity contribution >= 4 is 40.2 Å². The van der Waals surface area contributed by atoms with Gasteiger partial charge in [0.2, 0.25) is 0 Å². The lowest BCUT2D eigenvalue weighted by Crippen LogP contribution is -2.31. The van der Waals surface area contributed by atoms with E-state index >= 15 is 0 Å². The minimum absolute atomic E-state index is 0.728. The Balaban J connectivity index is 1.93. The van der Waals surface area contributed by atoms with Crippen molar-refractivity contribution in [1.82, 2.24) is 9.80 Å². The van der Waals surface area contributed by atoms with Gasteiger partial charge in [0.05, 0.1) is 11.5 Å². The molecule has 0 aliphatic carbocycles. The van der Waals surface area contributed by atoms with E-state index in [1.165, 1.54) is 19.3 Å². The average Bonchev–Trinajstić information content (AvgIpc) is 2.61. The molecule has 0 aromatic heterocycles. The molecule has 2 aliphatic rings. The SMILES string of the molecule is CN1CCCCCC1=NC(=S)CN1CCCC1=S. The Kier molecular flexibility index (Phi) is 5.06. The number of rotatable bonds is 2. The molecule has 0 bridgehead atoms. The highest BCUT2D eigenvalue weighted by Gasteiger charge is 2.18. The van der Waals surface area contributed by atoms with Gasteiger partial charge in [-0.25, -0.2) is 4.99 Å². The smallest absolute Gasteiger partial charge is 0.124 e. The van der Waals surface area contributed by atoms with Crippen LogP contribution in [0.3, 0.4) is 0 Å². The summed E-state index contributed by atoms with van der Waals surface area (Å²) >= 11 is 10.7. The van der Waals surface area contributed by atoms with Gasteiger partial charge in [0.25, 0.3) is 0 Å². The molecule has 2 heterocycles. The van der Waals surface area contributed by atoms with E-state index in [0.717, 1.165) is 54.7 Å². The molecule has 0 spiro atoms. The monoisotopic (exact) mass is 283 g/mol. The first-order valence-electron chi connectivity index (χ1n) is 6.76. The highest BCUT2D eigenvalue weighted by atomic mass is 32.1. The molecular formula is C13H21N3S2. The number of amidine groups is 1. The molecule has 0 atom stereocenters. The van der Waals surface area contributed by atoms with Crippen LogP contribution in [0.2, 0.25) is 0 Å². The third kappa shape index (κ3) is 3.72. The Morgan fingerprint density at radius 2 is 2.00 bits per heavy atom. The van der Waals surface area contributed by atoms with Crippen molar-refractivity contribution in [2.45, 2.75) is 38.5 Å². The third-order valence-electron chi connectivity index (χ3n) is 3.59. The molecule has 0 amide bonds. The van der Waals surface area contributed by atoms with E-state index in [2.05, 4.69) is 21.8 Å². The number of hydrogen-bond donors (Lipinski definition) is 0. The summed E-state index contributed by atoms with van der Waals surface area (Å²) < 4.78 is 0. The standard InChI is InChI=1S/C13H21N3S2/c1-15-8-4-2-3-6-11(15)14-12(17)10-16-9-5-7-13(16)18/h2-10H2,1H3. The molecule has 0 saturated carbocycles. The minimum atomic E-state index is 0.728. The number of thiocarbonyl (C=S) groups is 2. The van der Waals surface area contributed by atoms with Crippen LogP contribution >= 0.6 is 24.4 Å². The van der Waals surface area contributed by atoms with E-state index < -0.39 is 0 Å². The molecule has 0 aromatic carbocycles. The van der Waals surface area contributed by atoms with Crippen LogP contribution in [-0.2, 0) is 0 Å². The Morgan fingerprint density at radius 1 is 1.17 bits per heavy atom. The summed E-state index contributed by atoms with van der Waals surface area (Å²) in [4.78, 5) is 10.9. The fourth-order valence-electron chi connectivity index (χ4n) is 2.48. The molecule has 2 fully saturated rings. The molecule has 0 N–H and O–H groups in total. The molecule has 3 nitrogen and oxygen atoms in total. The van der Waals surface area contributed by atoms with Gasteiger partial charge in [0, 0.05) is 26.6 Å². The summed E-state index contributed by atoms with van der Waals surface area (Å²) in [5, 5.41) is 0. The predicted molar refractivity (Wildman–Crippen MR) is 84.5 cm³/mol. The largest absolute Gasteiger partial charge is 0.363 e. The maximum absolute atomic E-state index is 5.41. The summed E-state index contributed by atoms with van der Waals surface area (Å²) in [5.74, 6) is 1.16. The lowest BCUT2D eigenvalue weighted by Gasteiger charge is -2.20. The second-order valence-electron chi connectivity index (χ2n) is 5.07. The van der Waals surface area contributed by atoms with E-state index in [-0.39, 0.29) is 0 Å². The lowest BCUT2D eigenvalue weighted by molar-refractivity contribution is 0.494. The molecule has 5 heteroatoms. The van der Waals surface area contributed by atoms with Crippen LogP contribution in [0.15, 0.2) is 4.99 Å². The Morgan fingerprint density at radius 3 is 2.72 bits per heavy atom. The van der Waals surface area contributed by atoms with E-state index in [1.54, 1.807) is 0 Å². The van der Waals surface area contributed by atoms with Crippen molar-refractivity contribution in [2.75, 3.05) is 26.7 Å². The van der Waals surface area contributed by atoms with Gasteiger partial charge in [-0.1, -0.05) is 30.9 Å². The minimum Gasteiger partial charge on any atom is -0.363 e. The van der Waals surface area contributed by atoms with Gasteiger partial charge < -0.3 is 9.80 Å². The fourth-order valence-corrected chi connectivity index (χ4v) is 3.05. The van der Waals surface area contributed by atoms with Crippen molar-refractivity contribution in [1.29, 1.82) is 0 Å². The topological polar surface area (TPSA) is 18.8 Å². The van der Waals surface area contributed by atoms with Gasteiger partial charge in [0.1, 0.15) is 10.8 Å². The van der Waals surface area contributed by atoms with Gasteiger partial charge in [-0.05, 0) is 25.7 Å². The van der Waals surface area contributed by atoms with Crippen LogP contribution in [0.25, 0.3) is 0 Å². The van der Waals surface area contributed by atoms with E-state index in [4.69, 9.17) is 24.4 Å². The molecule has 0 aromatic rings. The summed E-state index contributed by atoms with van der Waals surface area (Å²) in [6.07, 6.45) is 7.05. The van der Waals surface area contributed by atoms with Gasteiger partial charge >= 0.3 is 0 Å². The van der Waals surface area contributed by atoms with Crippen LogP contribution in [-0.4, -0.2) is 52.3 Å². The highest BCUT2D eigenvalue weighted by molar-refractivity contribution is 7.80. The van der Waals surface area contributed by atoms with E-state index in [0.29, 0.717) is 0 Å². The third-order valence-corrected chi connectivity index (χ3v) is 4.27. The zero-order valence-corrected chi connectivity index (χ0v) is 12.7. The molecule has 100 valence electrons. The normalized spacial score (nSPS) is 23.6. The van der Waals surface area contributed by atoms with Crippen molar-refractivity contribution in [2.24, 2.45) is 4.99 Å². The zero-order chi connectivity index (χ0) is 13.0. The summed E-state index contributed by atoms with van der Waals surface area (Å²) in [6.45, 7) is 2.87. The number of likely N-dealkylation sites (tertiary alicyclic amines) is 2. The first-order chi connectivity index (χ1) is 8.66. The fraction of sp³-hybridized carbons (Fsp3) is 0.769. The van der Waals surface area contributed by atoms with E-state index in [9.17, 15) is 0 Å². The maximum Gasteiger partial charge on any atom is 0.124 e. The summed E-state index contributed by atoms with van der Waals surface area (Å²) in [7, 11) is 2.12. The average molecular weight is 283 g/mol. The molecule has 18 heavy (non-hydrogen) atoms. The first kappa shape index (κ1) is 13.9. The molecular weight excluding hydrogens is 262 g/mol. The van der Waals surface area contributed by atoms with Crippen molar-refractivity contribution < 1.29 is 0 Å². The molecule has 2 rings (SSSR count). The zero-order valence-electron chi connectivity index (χ0n) is 11.0. The Hall–Kier alpha value is -0.550. The van der Waals surface area contributed by atoms with Crippen LogP contribution in [0.5, 0.6) is 0 Å². The van der Waals surface area contributed by atoms with Crippen LogP contribution < -0.4 is 0 Å². The molecule has 2 saturated heterocycles. The first-order valence-corrected chi connectivity index (χ1v) is 7.58. The van der Waals surface area contributed by atoms with Gasteiger partial charge in [-0.2, -0.15) is 0 Å². The number of hydrogen-bond acceptors (Lipinski definition) is 2. The predicted octanol–water partition coefficient (Wildman–Crippen LogP) is 2.64. The molecule has 0 unspecified atom stereocenters. The highest BCUT2D eigenvalue weighted by Crippen LogP contribution is 2.13. The quantitative estimate of drug-likeness (QED) is 0.725. The summed E-state index contributed by atoms with van der Waals surface area (Å²) in [5.41, 5.74) is 0. The number of nitrogens with zero attached hydrogens (tertiary/aromatic N) is 3. The second kappa shape index (κ2) is 6.57. The van der Waals surface area contributed by atoms with Crippen LogP contribution in [0.1, 0.15) is 38.5 Å². The van der Waals surface area contributed by atoms with Gasteiger partial charge in [0.15, 0.2) is 0 Å². The Bertz CT molecular complexity index is 365. The maximum atomic E-state index is 5.41. The van der Waals surface area contributed by atoms with Crippen molar-refractivity contribution in [3.63, 3.8) is 0 Å². The Labute approximate surface area is 120 Å². The van der Waals surface area contributed by atoms with Gasteiger partial charge in [-0.15, -0.1) is 0 Å². The van der Waals surface area contributed by atoms with Gasteiger partial charge in [-0.3, -0.25) is 0 Å². The van der Waals surface area contributed by atoms with Crippen LogP contribution in [0.4, 0.5) is 0 Å². The van der Waals surface area contributed by atoms with Crippen molar-refractivity contribution in [3.05, 3.63) is 0 Å².